The van der Waals surface area contributed by atoms with Gasteiger partial charge in [-0.15, -0.1) is 0 Å². The highest BCUT2D eigenvalue weighted by Gasteiger charge is 2.65. The molecular weight excluding hydrogens is 610 g/mol. The summed E-state index contributed by atoms with van der Waals surface area (Å²) in [6.07, 6.45) is 0.614. The average molecular weight is 656 g/mol. The molecule has 4 rings (SSSR count). The van der Waals surface area contributed by atoms with Crippen LogP contribution in [0.25, 0.3) is 10.8 Å². The third-order valence-electron chi connectivity index (χ3n) is 10.3. The minimum absolute atomic E-state index is 0.0852. The quantitative estimate of drug-likeness (QED) is 0.261. The molecule has 2 fully saturated rings. The fourth-order valence-electron chi connectivity index (χ4n) is 7.26. The van der Waals surface area contributed by atoms with Crippen molar-refractivity contribution in [3.63, 3.8) is 0 Å². The Bertz CT molecular complexity index is 1640. The molecule has 0 aromatic heterocycles. The zero-order valence-electron chi connectivity index (χ0n) is 27.2. The molecule has 250 valence electrons. The van der Waals surface area contributed by atoms with Gasteiger partial charge in [0.05, 0.1) is 24.8 Å². The van der Waals surface area contributed by atoms with Gasteiger partial charge in [-0.1, -0.05) is 58.0 Å². The lowest BCUT2D eigenvalue weighted by atomic mass is 9.70. The number of hydrogen-bond donors (Lipinski definition) is 3. The third-order valence-corrected chi connectivity index (χ3v) is 11.8. The molecular formula is C34H45N3O8S. The van der Waals surface area contributed by atoms with E-state index < -0.39 is 69.2 Å². The van der Waals surface area contributed by atoms with Crippen molar-refractivity contribution in [2.75, 3.05) is 23.7 Å². The van der Waals surface area contributed by atoms with E-state index in [1.165, 1.54) is 0 Å². The second kappa shape index (κ2) is 13.6. The molecule has 2 saturated carbocycles. The molecule has 2 aliphatic rings. The molecule has 4 unspecified atom stereocenters. The van der Waals surface area contributed by atoms with E-state index in [1.54, 1.807) is 18.7 Å². The van der Waals surface area contributed by atoms with E-state index in [9.17, 15) is 37.5 Å². The number of amides is 2. The number of anilines is 1. The maximum Gasteiger partial charge on any atom is 0.305 e. The van der Waals surface area contributed by atoms with Gasteiger partial charge in [-0.2, -0.15) is 0 Å². The molecule has 2 bridgehead atoms. The first-order valence-electron chi connectivity index (χ1n) is 15.9. The SMILES string of the molecule is CCN(C(=O)CC(C(=O)NC(CC(=O)O)C(=O)CNS(=O)(=O)CC12CCC(CC1=O)C2(C)C)C(C)C)c1ccc2ccccc2c1. The van der Waals surface area contributed by atoms with Gasteiger partial charge in [0.1, 0.15) is 5.78 Å². The van der Waals surface area contributed by atoms with Gasteiger partial charge in [-0.05, 0) is 59.9 Å². The van der Waals surface area contributed by atoms with Crippen LogP contribution in [0.3, 0.4) is 0 Å². The minimum Gasteiger partial charge on any atom is -0.481 e. The van der Waals surface area contributed by atoms with E-state index in [2.05, 4.69) is 10.0 Å². The topological polar surface area (TPSA) is 167 Å². The summed E-state index contributed by atoms with van der Waals surface area (Å²) in [5.74, 6) is -4.81. The Labute approximate surface area is 270 Å². The number of rotatable bonds is 15. The number of Topliss-reactive ketones (excluding diaryl/α,β-unsaturated/α-hetero) is 2. The van der Waals surface area contributed by atoms with Crippen LogP contribution in [-0.2, 0) is 34.0 Å². The Morgan fingerprint density at radius 2 is 1.72 bits per heavy atom. The number of nitrogens with one attached hydrogen (secondary N) is 2. The number of nitrogens with zero attached hydrogens (tertiary/aromatic N) is 1. The van der Waals surface area contributed by atoms with Gasteiger partial charge in [0.25, 0.3) is 0 Å². The molecule has 2 aliphatic carbocycles. The Morgan fingerprint density at radius 3 is 2.28 bits per heavy atom. The molecule has 2 aromatic rings. The standard InChI is InChI=1S/C34H45N3O8S/c1-6-37(25-12-11-22-9-7-8-10-23(22)15-25)30(40)17-26(21(2)3)32(43)36-27(18-31(41)42)28(38)19-35-46(44,45)20-34-14-13-24(16-29(34)39)33(34,4)5/h7-12,15,21,24,26-27,35H,6,13-14,16-20H2,1-5H3,(H,36,43)(H,41,42). The zero-order chi connectivity index (χ0) is 34.0. The fraction of sp³-hybridized carbons (Fsp3) is 0.559. The molecule has 0 saturated heterocycles. The molecule has 2 aromatic carbocycles. The van der Waals surface area contributed by atoms with Gasteiger partial charge in [0.15, 0.2) is 5.78 Å². The van der Waals surface area contributed by atoms with Gasteiger partial charge in [-0.25, -0.2) is 13.1 Å². The molecule has 4 atom stereocenters. The van der Waals surface area contributed by atoms with Crippen molar-refractivity contribution >= 4 is 55.8 Å². The van der Waals surface area contributed by atoms with Crippen molar-refractivity contribution in [1.82, 2.24) is 10.0 Å². The van der Waals surface area contributed by atoms with Crippen LogP contribution in [0.15, 0.2) is 42.5 Å². The van der Waals surface area contributed by atoms with Crippen LogP contribution in [0.5, 0.6) is 0 Å². The molecule has 0 aliphatic heterocycles. The molecule has 0 radical (unpaired) electrons. The third kappa shape index (κ3) is 7.17. The number of carboxylic acid groups (broad SMARTS) is 1. The lowest BCUT2D eigenvalue weighted by Crippen LogP contribution is -2.51. The van der Waals surface area contributed by atoms with Gasteiger partial charge in [-0.3, -0.25) is 24.0 Å². The summed E-state index contributed by atoms with van der Waals surface area (Å²) in [5.41, 5.74) is -0.846. The van der Waals surface area contributed by atoms with Crippen molar-refractivity contribution in [2.24, 2.45) is 28.6 Å². The molecule has 3 N–H and O–H groups in total. The van der Waals surface area contributed by atoms with Gasteiger partial charge >= 0.3 is 5.97 Å². The number of sulfonamides is 1. The number of fused-ring (bicyclic) bond motifs is 3. The van der Waals surface area contributed by atoms with Crippen LogP contribution >= 0.6 is 0 Å². The predicted octanol–water partition coefficient (Wildman–Crippen LogP) is 3.70. The first-order chi connectivity index (χ1) is 21.5. The summed E-state index contributed by atoms with van der Waals surface area (Å²) in [7, 11) is -4.10. The monoisotopic (exact) mass is 655 g/mol. The number of hydrogen-bond acceptors (Lipinski definition) is 7. The minimum atomic E-state index is -4.10. The first kappa shape index (κ1) is 35.2. The van der Waals surface area contributed by atoms with E-state index in [-0.39, 0.29) is 29.9 Å². The number of carbonyl (C=O) groups excluding carboxylic acids is 4. The Kier molecular flexibility index (Phi) is 10.4. The molecule has 0 heterocycles. The highest BCUT2D eigenvalue weighted by Crippen LogP contribution is 2.64. The summed E-state index contributed by atoms with van der Waals surface area (Å²) in [6.45, 7) is 8.77. The summed E-state index contributed by atoms with van der Waals surface area (Å²) < 4.78 is 28.5. The molecule has 12 heteroatoms. The van der Waals surface area contributed by atoms with Crippen molar-refractivity contribution in [1.29, 1.82) is 0 Å². The fourth-order valence-corrected chi connectivity index (χ4v) is 9.05. The predicted molar refractivity (Wildman–Crippen MR) is 174 cm³/mol. The molecule has 46 heavy (non-hydrogen) atoms. The highest BCUT2D eigenvalue weighted by molar-refractivity contribution is 7.89. The van der Waals surface area contributed by atoms with Gasteiger partial charge in [0.2, 0.25) is 21.8 Å². The lowest BCUT2D eigenvalue weighted by Gasteiger charge is -2.36. The van der Waals surface area contributed by atoms with Crippen molar-refractivity contribution in [3.05, 3.63) is 42.5 Å². The Hall–Kier alpha value is -3.64. The smallest absolute Gasteiger partial charge is 0.305 e. The Morgan fingerprint density at radius 1 is 1.04 bits per heavy atom. The summed E-state index contributed by atoms with van der Waals surface area (Å²) >= 11 is 0. The highest BCUT2D eigenvalue weighted by atomic mass is 32.2. The van der Waals surface area contributed by atoms with E-state index >= 15 is 0 Å². The number of benzene rings is 2. The van der Waals surface area contributed by atoms with Crippen molar-refractivity contribution in [3.8, 4) is 0 Å². The van der Waals surface area contributed by atoms with Crippen LogP contribution in [0.1, 0.15) is 66.7 Å². The molecule has 0 spiro atoms. The zero-order valence-corrected chi connectivity index (χ0v) is 28.0. The second-order valence-corrected chi connectivity index (χ2v) is 15.4. The van der Waals surface area contributed by atoms with Crippen molar-refractivity contribution < 1.29 is 37.5 Å². The number of carbonyl (C=O) groups is 5. The molecule has 2 amide bonds. The van der Waals surface area contributed by atoms with Crippen molar-refractivity contribution in [2.45, 2.75) is 72.8 Å². The van der Waals surface area contributed by atoms with Gasteiger partial charge < -0.3 is 15.3 Å². The van der Waals surface area contributed by atoms with Crippen LogP contribution < -0.4 is 14.9 Å². The van der Waals surface area contributed by atoms with Gasteiger partial charge in [0, 0.05) is 36.4 Å². The number of aliphatic carboxylic acids is 1. The maximum absolute atomic E-state index is 13.5. The van der Waals surface area contributed by atoms with Crippen LogP contribution in [0.4, 0.5) is 5.69 Å². The van der Waals surface area contributed by atoms with E-state index in [4.69, 9.17) is 0 Å². The lowest BCUT2D eigenvalue weighted by molar-refractivity contribution is -0.140. The summed E-state index contributed by atoms with van der Waals surface area (Å²) in [6, 6.07) is 11.9. The number of ketones is 2. The second-order valence-electron chi connectivity index (χ2n) is 13.6. The largest absolute Gasteiger partial charge is 0.481 e. The van der Waals surface area contributed by atoms with E-state index in [0.717, 1.165) is 17.2 Å². The molecule has 11 nitrogen and oxygen atoms in total. The number of carboxylic acids is 1. The average Bonchev–Trinajstić information content (AvgIpc) is 3.32. The van der Waals surface area contributed by atoms with E-state index in [1.807, 2.05) is 63.2 Å². The van der Waals surface area contributed by atoms with E-state index in [0.29, 0.717) is 25.1 Å². The maximum atomic E-state index is 13.5. The normalized spacial score (nSPS) is 21.7. The summed E-state index contributed by atoms with van der Waals surface area (Å²) in [5, 5.41) is 13.9. The van der Waals surface area contributed by atoms with Crippen LogP contribution in [0, 0.1) is 28.6 Å². The van der Waals surface area contributed by atoms with Crippen LogP contribution in [0.2, 0.25) is 0 Å². The Balaban J connectivity index is 1.43. The van der Waals surface area contributed by atoms with Crippen LogP contribution in [-0.4, -0.2) is 67.8 Å². The first-order valence-corrected chi connectivity index (χ1v) is 17.5. The summed E-state index contributed by atoms with van der Waals surface area (Å²) in [4.78, 5) is 66.2.